The molecule has 3 atom stereocenters. The first kappa shape index (κ1) is 9.97. The maximum Gasteiger partial charge on any atom is 0.0524 e. The summed E-state index contributed by atoms with van der Waals surface area (Å²) in [5.41, 5.74) is 0.417. The van der Waals surface area contributed by atoms with Gasteiger partial charge >= 0.3 is 0 Å². The summed E-state index contributed by atoms with van der Waals surface area (Å²) in [6.45, 7) is 3.22. The summed E-state index contributed by atoms with van der Waals surface area (Å²) >= 11 is 0. The SMILES string of the molecule is CCC1(COC)CCC2C=CC=CC21. The van der Waals surface area contributed by atoms with Gasteiger partial charge in [-0.05, 0) is 31.1 Å². The lowest BCUT2D eigenvalue weighted by atomic mass is 9.73. The Hall–Kier alpha value is -0.560. The molecule has 1 heteroatoms. The molecule has 2 aliphatic carbocycles. The van der Waals surface area contributed by atoms with Crippen LogP contribution in [0.25, 0.3) is 0 Å². The number of hydrogen-bond acceptors (Lipinski definition) is 1. The Balaban J connectivity index is 2.20. The van der Waals surface area contributed by atoms with Crippen LogP contribution >= 0.6 is 0 Å². The predicted octanol–water partition coefficient (Wildman–Crippen LogP) is 3.18. The first-order valence-corrected chi connectivity index (χ1v) is 5.66. The van der Waals surface area contributed by atoms with Crippen LogP contribution in [0.5, 0.6) is 0 Å². The Bertz CT molecular complexity index is 254. The number of rotatable bonds is 3. The predicted molar refractivity (Wildman–Crippen MR) is 59.1 cm³/mol. The number of methoxy groups -OCH3 is 1. The van der Waals surface area contributed by atoms with Gasteiger partial charge in [0.05, 0.1) is 6.61 Å². The Kier molecular flexibility index (Phi) is 2.78. The van der Waals surface area contributed by atoms with Gasteiger partial charge in [-0.3, -0.25) is 0 Å². The van der Waals surface area contributed by atoms with E-state index in [0.29, 0.717) is 5.41 Å². The molecule has 78 valence electrons. The fraction of sp³-hybridized carbons (Fsp3) is 0.692. The fourth-order valence-electron chi connectivity index (χ4n) is 3.18. The zero-order valence-corrected chi connectivity index (χ0v) is 9.20. The standard InChI is InChI=1S/C13H20O/c1-3-13(10-14-2)9-8-11-6-4-5-7-12(11)13/h4-7,11-12H,3,8-10H2,1-2H3. The van der Waals surface area contributed by atoms with E-state index in [1.54, 1.807) is 0 Å². The van der Waals surface area contributed by atoms with Crippen molar-refractivity contribution in [3.63, 3.8) is 0 Å². The van der Waals surface area contributed by atoms with Crippen molar-refractivity contribution in [2.24, 2.45) is 17.3 Å². The summed E-state index contributed by atoms with van der Waals surface area (Å²) in [5, 5.41) is 0. The summed E-state index contributed by atoms with van der Waals surface area (Å²) in [4.78, 5) is 0. The lowest BCUT2D eigenvalue weighted by molar-refractivity contribution is 0.0550. The molecular weight excluding hydrogens is 172 g/mol. The van der Waals surface area contributed by atoms with Gasteiger partial charge < -0.3 is 4.74 Å². The van der Waals surface area contributed by atoms with Gasteiger partial charge in [-0.2, -0.15) is 0 Å². The second-order valence-electron chi connectivity index (χ2n) is 4.65. The molecule has 0 N–H and O–H groups in total. The van der Waals surface area contributed by atoms with Crippen molar-refractivity contribution in [2.75, 3.05) is 13.7 Å². The highest BCUT2D eigenvalue weighted by Crippen LogP contribution is 2.51. The maximum absolute atomic E-state index is 5.41. The second-order valence-corrected chi connectivity index (χ2v) is 4.65. The van der Waals surface area contributed by atoms with E-state index in [0.717, 1.165) is 18.4 Å². The molecule has 14 heavy (non-hydrogen) atoms. The molecule has 2 aliphatic rings. The minimum absolute atomic E-state index is 0.417. The van der Waals surface area contributed by atoms with Gasteiger partial charge in [0.1, 0.15) is 0 Å². The van der Waals surface area contributed by atoms with Gasteiger partial charge in [0, 0.05) is 12.5 Å². The summed E-state index contributed by atoms with van der Waals surface area (Å²) in [5.74, 6) is 1.49. The smallest absolute Gasteiger partial charge is 0.0524 e. The van der Waals surface area contributed by atoms with E-state index in [1.165, 1.54) is 19.3 Å². The average Bonchev–Trinajstić information content (AvgIpc) is 2.59. The van der Waals surface area contributed by atoms with Crippen LogP contribution in [0.2, 0.25) is 0 Å². The molecule has 0 aromatic carbocycles. The molecule has 0 saturated heterocycles. The molecular formula is C13H20O. The third-order valence-electron chi connectivity index (χ3n) is 4.07. The number of ether oxygens (including phenoxy) is 1. The largest absolute Gasteiger partial charge is 0.384 e. The molecule has 0 radical (unpaired) electrons. The molecule has 1 nitrogen and oxygen atoms in total. The molecule has 3 unspecified atom stereocenters. The molecule has 0 aromatic rings. The molecule has 1 saturated carbocycles. The van der Waals surface area contributed by atoms with Crippen molar-refractivity contribution < 1.29 is 4.74 Å². The maximum atomic E-state index is 5.41. The highest BCUT2D eigenvalue weighted by molar-refractivity contribution is 5.20. The summed E-state index contributed by atoms with van der Waals surface area (Å²) in [7, 11) is 1.83. The van der Waals surface area contributed by atoms with Crippen LogP contribution in [0.3, 0.4) is 0 Å². The molecule has 1 fully saturated rings. The average molecular weight is 192 g/mol. The highest BCUT2D eigenvalue weighted by Gasteiger charge is 2.45. The van der Waals surface area contributed by atoms with Gasteiger partial charge in [-0.15, -0.1) is 0 Å². The summed E-state index contributed by atoms with van der Waals surface area (Å²) in [6, 6.07) is 0. The van der Waals surface area contributed by atoms with E-state index in [9.17, 15) is 0 Å². The monoisotopic (exact) mass is 192 g/mol. The number of allylic oxidation sites excluding steroid dienone is 4. The first-order chi connectivity index (χ1) is 6.82. The Morgan fingerprint density at radius 3 is 2.86 bits per heavy atom. The lowest BCUT2D eigenvalue weighted by Gasteiger charge is -2.34. The minimum atomic E-state index is 0.417. The molecule has 2 rings (SSSR count). The van der Waals surface area contributed by atoms with Crippen molar-refractivity contribution in [1.29, 1.82) is 0 Å². The van der Waals surface area contributed by atoms with Crippen molar-refractivity contribution >= 4 is 0 Å². The molecule has 0 bridgehead atoms. The van der Waals surface area contributed by atoms with Crippen LogP contribution in [0.4, 0.5) is 0 Å². The van der Waals surface area contributed by atoms with E-state index < -0.39 is 0 Å². The normalized spacial score (nSPS) is 40.1. The summed E-state index contributed by atoms with van der Waals surface area (Å²) in [6.07, 6.45) is 13.1. The van der Waals surface area contributed by atoms with Crippen molar-refractivity contribution in [1.82, 2.24) is 0 Å². The fourth-order valence-corrected chi connectivity index (χ4v) is 3.18. The van der Waals surface area contributed by atoms with E-state index >= 15 is 0 Å². The van der Waals surface area contributed by atoms with Crippen molar-refractivity contribution in [3.05, 3.63) is 24.3 Å². The number of hydrogen-bond donors (Lipinski definition) is 0. The topological polar surface area (TPSA) is 9.23 Å². The summed E-state index contributed by atoms with van der Waals surface area (Å²) < 4.78 is 5.41. The van der Waals surface area contributed by atoms with Gasteiger partial charge in [0.15, 0.2) is 0 Å². The molecule has 0 amide bonds. The van der Waals surface area contributed by atoms with E-state index in [4.69, 9.17) is 4.74 Å². The molecule has 0 heterocycles. The third kappa shape index (κ3) is 1.44. The van der Waals surface area contributed by atoms with E-state index in [2.05, 4.69) is 31.2 Å². The van der Waals surface area contributed by atoms with Gasteiger partial charge in [0.25, 0.3) is 0 Å². The van der Waals surface area contributed by atoms with Crippen molar-refractivity contribution in [3.8, 4) is 0 Å². The Labute approximate surface area is 86.8 Å². The quantitative estimate of drug-likeness (QED) is 0.667. The Morgan fingerprint density at radius 2 is 2.14 bits per heavy atom. The number of fused-ring (bicyclic) bond motifs is 1. The van der Waals surface area contributed by atoms with E-state index in [-0.39, 0.29) is 0 Å². The lowest BCUT2D eigenvalue weighted by Crippen LogP contribution is -2.31. The molecule has 0 spiro atoms. The Morgan fingerprint density at radius 1 is 1.36 bits per heavy atom. The third-order valence-corrected chi connectivity index (χ3v) is 4.07. The first-order valence-electron chi connectivity index (χ1n) is 5.66. The van der Waals surface area contributed by atoms with Crippen LogP contribution in [0.1, 0.15) is 26.2 Å². The van der Waals surface area contributed by atoms with E-state index in [1.807, 2.05) is 7.11 Å². The van der Waals surface area contributed by atoms with Crippen LogP contribution < -0.4 is 0 Å². The van der Waals surface area contributed by atoms with Crippen molar-refractivity contribution in [2.45, 2.75) is 26.2 Å². The van der Waals surface area contributed by atoms with Crippen LogP contribution in [0.15, 0.2) is 24.3 Å². The highest BCUT2D eigenvalue weighted by atomic mass is 16.5. The zero-order valence-electron chi connectivity index (χ0n) is 9.20. The van der Waals surface area contributed by atoms with Crippen LogP contribution in [-0.4, -0.2) is 13.7 Å². The van der Waals surface area contributed by atoms with Gasteiger partial charge in [-0.25, -0.2) is 0 Å². The minimum Gasteiger partial charge on any atom is -0.384 e. The second kappa shape index (κ2) is 3.90. The van der Waals surface area contributed by atoms with Crippen LogP contribution in [0, 0.1) is 17.3 Å². The molecule has 0 aromatic heterocycles. The molecule has 0 aliphatic heterocycles. The van der Waals surface area contributed by atoms with Gasteiger partial charge in [0.2, 0.25) is 0 Å². The van der Waals surface area contributed by atoms with Gasteiger partial charge in [-0.1, -0.05) is 31.2 Å². The zero-order chi connectivity index (χ0) is 10.0. The van der Waals surface area contributed by atoms with Crippen LogP contribution in [-0.2, 0) is 4.74 Å².